The molecule has 0 bridgehead atoms. The molecule has 0 radical (unpaired) electrons. The Labute approximate surface area is 121 Å². The minimum Gasteiger partial charge on any atom is -0.337 e. The van der Waals surface area contributed by atoms with Crippen LogP contribution in [0.15, 0.2) is 53.4 Å². The molecule has 1 aliphatic rings. The molecule has 0 aliphatic carbocycles. The predicted molar refractivity (Wildman–Crippen MR) is 78.3 cm³/mol. The van der Waals surface area contributed by atoms with Crippen LogP contribution in [-0.2, 0) is 6.42 Å². The summed E-state index contributed by atoms with van der Waals surface area (Å²) in [5.41, 5.74) is 1.72. The SMILES string of the molecule is CC1(Cc2ccc(F)cc2)NC(=O)c2ccccc2S1. The third-order valence-electron chi connectivity index (χ3n) is 3.30. The lowest BCUT2D eigenvalue weighted by atomic mass is 10.1. The van der Waals surface area contributed by atoms with E-state index in [1.165, 1.54) is 12.1 Å². The molecule has 0 spiro atoms. The van der Waals surface area contributed by atoms with Crippen molar-refractivity contribution in [3.05, 3.63) is 65.5 Å². The van der Waals surface area contributed by atoms with Crippen LogP contribution in [0.1, 0.15) is 22.8 Å². The lowest BCUT2D eigenvalue weighted by molar-refractivity contribution is 0.0925. The van der Waals surface area contributed by atoms with Crippen molar-refractivity contribution in [2.75, 3.05) is 0 Å². The molecule has 1 unspecified atom stereocenters. The zero-order valence-electron chi connectivity index (χ0n) is 11.0. The van der Waals surface area contributed by atoms with Gasteiger partial charge in [-0.05, 0) is 36.8 Å². The molecule has 2 nitrogen and oxygen atoms in total. The Morgan fingerprint density at radius 2 is 1.85 bits per heavy atom. The summed E-state index contributed by atoms with van der Waals surface area (Å²) in [6, 6.07) is 14.0. The predicted octanol–water partition coefficient (Wildman–Crippen LogP) is 3.62. The van der Waals surface area contributed by atoms with Gasteiger partial charge >= 0.3 is 0 Å². The molecule has 1 amide bonds. The largest absolute Gasteiger partial charge is 0.337 e. The first kappa shape index (κ1) is 13.2. The van der Waals surface area contributed by atoms with Crippen molar-refractivity contribution >= 4 is 17.7 Å². The van der Waals surface area contributed by atoms with Crippen molar-refractivity contribution < 1.29 is 9.18 Å². The summed E-state index contributed by atoms with van der Waals surface area (Å²) in [5, 5.41) is 3.04. The molecule has 20 heavy (non-hydrogen) atoms. The summed E-state index contributed by atoms with van der Waals surface area (Å²) in [7, 11) is 0. The number of fused-ring (bicyclic) bond motifs is 1. The second kappa shape index (κ2) is 4.94. The van der Waals surface area contributed by atoms with E-state index in [1.54, 1.807) is 23.9 Å². The Morgan fingerprint density at radius 3 is 2.60 bits per heavy atom. The molecule has 0 saturated heterocycles. The number of amides is 1. The standard InChI is InChI=1S/C16H14FNOS/c1-16(10-11-6-8-12(17)9-7-11)18-15(19)13-4-2-3-5-14(13)20-16/h2-9H,10H2,1H3,(H,18,19). The Kier molecular flexibility index (Phi) is 3.26. The van der Waals surface area contributed by atoms with Crippen LogP contribution in [0.5, 0.6) is 0 Å². The highest BCUT2D eigenvalue weighted by Gasteiger charge is 2.34. The Hall–Kier alpha value is -1.81. The maximum atomic E-state index is 12.9. The topological polar surface area (TPSA) is 29.1 Å². The van der Waals surface area contributed by atoms with E-state index in [4.69, 9.17) is 0 Å². The summed E-state index contributed by atoms with van der Waals surface area (Å²) in [5.74, 6) is -0.298. The quantitative estimate of drug-likeness (QED) is 0.914. The number of thioether (sulfide) groups is 1. The first-order chi connectivity index (χ1) is 9.56. The van der Waals surface area contributed by atoms with Crippen LogP contribution in [0, 0.1) is 5.82 Å². The number of hydrogen-bond donors (Lipinski definition) is 1. The van der Waals surface area contributed by atoms with Gasteiger partial charge in [-0.15, -0.1) is 0 Å². The van der Waals surface area contributed by atoms with Crippen molar-refractivity contribution in [2.24, 2.45) is 0 Å². The van der Waals surface area contributed by atoms with E-state index < -0.39 is 4.87 Å². The number of nitrogens with one attached hydrogen (secondary N) is 1. The number of benzene rings is 2. The van der Waals surface area contributed by atoms with Gasteiger partial charge in [0.05, 0.1) is 10.4 Å². The van der Waals surface area contributed by atoms with Crippen molar-refractivity contribution in [3.63, 3.8) is 0 Å². The first-order valence-electron chi connectivity index (χ1n) is 6.41. The molecule has 0 aromatic heterocycles. The fourth-order valence-electron chi connectivity index (χ4n) is 2.39. The van der Waals surface area contributed by atoms with Gasteiger partial charge in [-0.3, -0.25) is 4.79 Å². The van der Waals surface area contributed by atoms with E-state index in [0.29, 0.717) is 12.0 Å². The van der Waals surface area contributed by atoms with E-state index >= 15 is 0 Å². The fourth-order valence-corrected chi connectivity index (χ4v) is 3.68. The summed E-state index contributed by atoms with van der Waals surface area (Å²) < 4.78 is 12.9. The first-order valence-corrected chi connectivity index (χ1v) is 7.22. The Morgan fingerprint density at radius 1 is 1.15 bits per heavy atom. The summed E-state index contributed by atoms with van der Waals surface area (Å²) >= 11 is 1.64. The number of carbonyl (C=O) groups is 1. The molecular formula is C16H14FNOS. The van der Waals surface area contributed by atoms with E-state index in [1.807, 2.05) is 31.2 Å². The fraction of sp³-hybridized carbons (Fsp3) is 0.188. The van der Waals surface area contributed by atoms with Crippen LogP contribution in [0.3, 0.4) is 0 Å². The van der Waals surface area contributed by atoms with Crippen LogP contribution in [0.25, 0.3) is 0 Å². The highest BCUT2D eigenvalue weighted by Crippen LogP contribution is 2.39. The third kappa shape index (κ3) is 2.56. The van der Waals surface area contributed by atoms with Gasteiger partial charge in [0.2, 0.25) is 0 Å². The molecule has 1 aliphatic heterocycles. The van der Waals surface area contributed by atoms with Crippen LogP contribution in [-0.4, -0.2) is 10.8 Å². The molecule has 2 aromatic carbocycles. The molecule has 1 N–H and O–H groups in total. The summed E-state index contributed by atoms with van der Waals surface area (Å²) in [4.78, 5) is 12.7. The Balaban J connectivity index is 1.87. The molecule has 4 heteroatoms. The molecule has 1 heterocycles. The normalized spacial score (nSPS) is 21.2. The van der Waals surface area contributed by atoms with Crippen molar-refractivity contribution in [2.45, 2.75) is 23.1 Å². The van der Waals surface area contributed by atoms with Gasteiger partial charge in [0.25, 0.3) is 5.91 Å². The zero-order valence-corrected chi connectivity index (χ0v) is 11.8. The van der Waals surface area contributed by atoms with Crippen LogP contribution >= 0.6 is 11.8 Å². The monoisotopic (exact) mass is 287 g/mol. The lowest BCUT2D eigenvalue weighted by Crippen LogP contribution is -2.47. The smallest absolute Gasteiger partial charge is 0.253 e. The highest BCUT2D eigenvalue weighted by molar-refractivity contribution is 8.00. The number of hydrogen-bond acceptors (Lipinski definition) is 2. The molecule has 1 atom stereocenters. The maximum absolute atomic E-state index is 12.9. The van der Waals surface area contributed by atoms with E-state index in [9.17, 15) is 9.18 Å². The second-order valence-electron chi connectivity index (χ2n) is 5.09. The summed E-state index contributed by atoms with van der Waals surface area (Å²) in [6.45, 7) is 1.99. The minimum atomic E-state index is -0.413. The van der Waals surface area contributed by atoms with Crippen molar-refractivity contribution in [3.8, 4) is 0 Å². The van der Waals surface area contributed by atoms with E-state index in [-0.39, 0.29) is 11.7 Å². The lowest BCUT2D eigenvalue weighted by Gasteiger charge is -2.35. The minimum absolute atomic E-state index is 0.0519. The van der Waals surface area contributed by atoms with Gasteiger partial charge < -0.3 is 5.32 Å². The third-order valence-corrected chi connectivity index (χ3v) is 4.57. The van der Waals surface area contributed by atoms with Crippen molar-refractivity contribution in [1.82, 2.24) is 5.32 Å². The van der Waals surface area contributed by atoms with Crippen molar-refractivity contribution in [1.29, 1.82) is 0 Å². The molecule has 0 saturated carbocycles. The maximum Gasteiger partial charge on any atom is 0.253 e. The second-order valence-corrected chi connectivity index (χ2v) is 6.63. The number of rotatable bonds is 2. The molecule has 3 rings (SSSR count). The molecule has 0 fully saturated rings. The van der Waals surface area contributed by atoms with Gasteiger partial charge in [-0.1, -0.05) is 36.0 Å². The van der Waals surface area contributed by atoms with E-state index in [2.05, 4.69) is 5.32 Å². The van der Waals surface area contributed by atoms with Crippen LogP contribution < -0.4 is 5.32 Å². The molecule has 102 valence electrons. The van der Waals surface area contributed by atoms with E-state index in [0.717, 1.165) is 10.5 Å². The van der Waals surface area contributed by atoms with Gasteiger partial charge in [-0.2, -0.15) is 0 Å². The average Bonchev–Trinajstić information content (AvgIpc) is 2.41. The average molecular weight is 287 g/mol. The number of halogens is 1. The number of carbonyl (C=O) groups excluding carboxylic acids is 1. The van der Waals surface area contributed by atoms with Gasteiger partial charge in [-0.25, -0.2) is 4.39 Å². The molecular weight excluding hydrogens is 273 g/mol. The van der Waals surface area contributed by atoms with Crippen LogP contribution in [0.4, 0.5) is 4.39 Å². The van der Waals surface area contributed by atoms with Gasteiger partial charge in [0, 0.05) is 11.3 Å². The van der Waals surface area contributed by atoms with Gasteiger partial charge in [0.15, 0.2) is 0 Å². The Bertz CT molecular complexity index is 656. The van der Waals surface area contributed by atoms with Gasteiger partial charge in [0.1, 0.15) is 5.82 Å². The molecule has 2 aromatic rings. The van der Waals surface area contributed by atoms with Crippen LogP contribution in [0.2, 0.25) is 0 Å². The zero-order chi connectivity index (χ0) is 14.2. The highest BCUT2D eigenvalue weighted by atomic mass is 32.2. The summed E-state index contributed by atoms with van der Waals surface area (Å²) in [6.07, 6.45) is 0.651.